The minimum Gasteiger partial charge on any atom is -0.493 e. The van der Waals surface area contributed by atoms with E-state index in [1.807, 2.05) is 19.9 Å². The molecule has 0 saturated carbocycles. The maximum Gasteiger partial charge on any atom is 0.338 e. The van der Waals surface area contributed by atoms with E-state index < -0.39 is 18.0 Å². The Morgan fingerprint density at radius 2 is 1.88 bits per heavy atom. The highest BCUT2D eigenvalue weighted by molar-refractivity contribution is 7.14. The molecule has 0 bridgehead atoms. The first-order chi connectivity index (χ1) is 12.4. The number of esters is 1. The molecule has 6 nitrogen and oxygen atoms in total. The molecule has 0 unspecified atom stereocenters. The fourth-order valence-electron chi connectivity index (χ4n) is 1.94. The standard InChI is InChI=1S/C19H20N2O4S/c1-12(2)11-24-16-6-4-14(5-7-16)19(23)25-13(3)17(22)21-18-15(10-20)8-9-26-18/h4-9,12-13H,11H2,1-3H3,(H,21,22)/t13-/m1/s1. The summed E-state index contributed by atoms with van der Waals surface area (Å²) >= 11 is 1.23. The van der Waals surface area contributed by atoms with Gasteiger partial charge in [0.1, 0.15) is 16.8 Å². The van der Waals surface area contributed by atoms with Crippen LogP contribution in [0, 0.1) is 17.2 Å². The first-order valence-corrected chi connectivity index (χ1v) is 9.01. The van der Waals surface area contributed by atoms with Gasteiger partial charge >= 0.3 is 5.97 Å². The average Bonchev–Trinajstić information content (AvgIpc) is 3.07. The second-order valence-corrected chi connectivity index (χ2v) is 6.96. The molecule has 1 heterocycles. The molecule has 0 aliphatic heterocycles. The van der Waals surface area contributed by atoms with Crippen LogP contribution in [-0.2, 0) is 9.53 Å². The number of rotatable bonds is 7. The van der Waals surface area contributed by atoms with E-state index in [0.717, 1.165) is 0 Å². The molecule has 0 aliphatic carbocycles. The topological polar surface area (TPSA) is 88.4 Å². The van der Waals surface area contributed by atoms with Gasteiger partial charge in [0.05, 0.1) is 17.7 Å². The van der Waals surface area contributed by atoms with Crippen molar-refractivity contribution in [1.82, 2.24) is 0 Å². The van der Waals surface area contributed by atoms with Crippen LogP contribution in [0.1, 0.15) is 36.7 Å². The third kappa shape index (κ3) is 5.33. The van der Waals surface area contributed by atoms with Crippen LogP contribution in [0.25, 0.3) is 0 Å². The molecule has 0 radical (unpaired) electrons. The van der Waals surface area contributed by atoms with Crippen molar-refractivity contribution in [2.24, 2.45) is 5.92 Å². The number of carbonyl (C=O) groups excluding carboxylic acids is 2. The van der Waals surface area contributed by atoms with Crippen molar-refractivity contribution < 1.29 is 19.1 Å². The smallest absolute Gasteiger partial charge is 0.338 e. The van der Waals surface area contributed by atoms with Crippen LogP contribution < -0.4 is 10.1 Å². The molecule has 136 valence electrons. The van der Waals surface area contributed by atoms with Crippen molar-refractivity contribution in [2.75, 3.05) is 11.9 Å². The summed E-state index contributed by atoms with van der Waals surface area (Å²) in [6.07, 6.45) is -0.993. The quantitative estimate of drug-likeness (QED) is 0.746. The van der Waals surface area contributed by atoms with Gasteiger partial charge in [-0.3, -0.25) is 4.79 Å². The Bertz CT molecular complexity index is 806. The number of carbonyl (C=O) groups is 2. The first-order valence-electron chi connectivity index (χ1n) is 8.13. The molecule has 0 saturated heterocycles. The van der Waals surface area contributed by atoms with Gasteiger partial charge in [0.15, 0.2) is 6.10 Å². The third-order valence-electron chi connectivity index (χ3n) is 3.35. The van der Waals surface area contributed by atoms with Crippen LogP contribution in [0.3, 0.4) is 0 Å². The van der Waals surface area contributed by atoms with Crippen LogP contribution in [0.4, 0.5) is 5.00 Å². The third-order valence-corrected chi connectivity index (χ3v) is 4.18. The van der Waals surface area contributed by atoms with E-state index in [1.54, 1.807) is 35.7 Å². The van der Waals surface area contributed by atoms with Gasteiger partial charge in [0, 0.05) is 0 Å². The molecule has 0 fully saturated rings. The summed E-state index contributed by atoms with van der Waals surface area (Å²) in [7, 11) is 0. The molecule has 1 aromatic carbocycles. The largest absolute Gasteiger partial charge is 0.493 e. The van der Waals surface area contributed by atoms with Gasteiger partial charge in [-0.25, -0.2) is 4.79 Å². The summed E-state index contributed by atoms with van der Waals surface area (Å²) in [6, 6.07) is 10.2. The van der Waals surface area contributed by atoms with Crippen LogP contribution in [0.15, 0.2) is 35.7 Å². The monoisotopic (exact) mass is 372 g/mol. The maximum absolute atomic E-state index is 12.2. The number of thiophene rings is 1. The Kier molecular flexibility index (Phi) is 6.75. The van der Waals surface area contributed by atoms with Crippen LogP contribution in [-0.4, -0.2) is 24.6 Å². The normalized spacial score (nSPS) is 11.5. The minimum atomic E-state index is -0.993. The Morgan fingerprint density at radius 1 is 1.19 bits per heavy atom. The van der Waals surface area contributed by atoms with Gasteiger partial charge in [0.25, 0.3) is 5.91 Å². The molecule has 2 aromatic rings. The number of ether oxygens (including phenoxy) is 2. The molecule has 2 rings (SSSR count). The Labute approximate surface area is 156 Å². The SMILES string of the molecule is CC(C)COc1ccc(C(=O)O[C@H](C)C(=O)Nc2sccc2C#N)cc1. The molecule has 1 amide bonds. The molecule has 1 aromatic heterocycles. The molecular weight excluding hydrogens is 352 g/mol. The first kappa shape index (κ1) is 19.5. The van der Waals surface area contributed by atoms with Gasteiger partial charge in [-0.05, 0) is 48.6 Å². The summed E-state index contributed by atoms with van der Waals surface area (Å²) < 4.78 is 10.7. The Morgan fingerprint density at radius 3 is 2.50 bits per heavy atom. The zero-order valence-electron chi connectivity index (χ0n) is 14.8. The van der Waals surface area contributed by atoms with Gasteiger partial charge in [-0.1, -0.05) is 13.8 Å². The highest BCUT2D eigenvalue weighted by Gasteiger charge is 2.20. The van der Waals surface area contributed by atoms with Crippen molar-refractivity contribution >= 4 is 28.2 Å². The molecular formula is C19H20N2O4S. The number of amides is 1. The second-order valence-electron chi connectivity index (χ2n) is 6.04. The van der Waals surface area contributed by atoms with E-state index in [4.69, 9.17) is 14.7 Å². The van der Waals surface area contributed by atoms with Crippen molar-refractivity contribution in [1.29, 1.82) is 5.26 Å². The summed E-state index contributed by atoms with van der Waals surface area (Å²) in [4.78, 5) is 24.3. The maximum atomic E-state index is 12.2. The summed E-state index contributed by atoms with van der Waals surface area (Å²) in [5.74, 6) is -0.0180. The lowest BCUT2D eigenvalue weighted by atomic mass is 10.2. The molecule has 1 N–H and O–H groups in total. The van der Waals surface area contributed by atoms with Crippen LogP contribution in [0.5, 0.6) is 5.75 Å². The number of benzene rings is 1. The van der Waals surface area contributed by atoms with E-state index in [0.29, 0.717) is 34.4 Å². The van der Waals surface area contributed by atoms with E-state index in [9.17, 15) is 9.59 Å². The van der Waals surface area contributed by atoms with Crippen molar-refractivity contribution in [3.8, 4) is 11.8 Å². The Balaban J connectivity index is 1.91. The average molecular weight is 372 g/mol. The van der Waals surface area contributed by atoms with E-state index >= 15 is 0 Å². The van der Waals surface area contributed by atoms with E-state index in [2.05, 4.69) is 5.32 Å². The highest BCUT2D eigenvalue weighted by atomic mass is 32.1. The predicted octanol–water partition coefficient (Wildman–Crippen LogP) is 3.84. The van der Waals surface area contributed by atoms with Crippen molar-refractivity contribution in [3.05, 3.63) is 46.8 Å². The summed E-state index contributed by atoms with van der Waals surface area (Å²) in [6.45, 7) is 6.17. The fourth-order valence-corrected chi connectivity index (χ4v) is 2.68. The zero-order valence-corrected chi connectivity index (χ0v) is 15.6. The molecule has 26 heavy (non-hydrogen) atoms. The van der Waals surface area contributed by atoms with E-state index in [-0.39, 0.29) is 0 Å². The summed E-state index contributed by atoms with van der Waals surface area (Å²) in [5.41, 5.74) is 0.703. The minimum absolute atomic E-state index is 0.329. The number of hydrogen-bond acceptors (Lipinski definition) is 6. The zero-order chi connectivity index (χ0) is 19.1. The number of anilines is 1. The highest BCUT2D eigenvalue weighted by Crippen LogP contribution is 2.22. The van der Waals surface area contributed by atoms with E-state index in [1.165, 1.54) is 18.3 Å². The second kappa shape index (κ2) is 9.02. The molecule has 7 heteroatoms. The Hall–Kier alpha value is -2.85. The van der Waals surface area contributed by atoms with Gasteiger partial charge in [-0.2, -0.15) is 5.26 Å². The number of nitriles is 1. The summed E-state index contributed by atoms with van der Waals surface area (Å²) in [5, 5.41) is 13.7. The number of nitrogens with one attached hydrogen (secondary N) is 1. The van der Waals surface area contributed by atoms with Crippen molar-refractivity contribution in [3.63, 3.8) is 0 Å². The number of hydrogen-bond donors (Lipinski definition) is 1. The number of nitrogens with zero attached hydrogens (tertiary/aromatic N) is 1. The predicted molar refractivity (Wildman–Crippen MR) is 99.3 cm³/mol. The van der Waals surface area contributed by atoms with Crippen LogP contribution in [0.2, 0.25) is 0 Å². The van der Waals surface area contributed by atoms with Crippen molar-refractivity contribution in [2.45, 2.75) is 26.9 Å². The molecule has 1 atom stereocenters. The van der Waals surface area contributed by atoms with Crippen LogP contribution >= 0.6 is 11.3 Å². The van der Waals surface area contributed by atoms with Gasteiger partial charge in [0.2, 0.25) is 0 Å². The lowest BCUT2D eigenvalue weighted by molar-refractivity contribution is -0.123. The molecule has 0 spiro atoms. The van der Waals surface area contributed by atoms with Gasteiger partial charge in [-0.15, -0.1) is 11.3 Å². The lowest BCUT2D eigenvalue weighted by Crippen LogP contribution is -2.29. The molecule has 0 aliphatic rings. The lowest BCUT2D eigenvalue weighted by Gasteiger charge is -2.13. The fraction of sp³-hybridized carbons (Fsp3) is 0.316. The van der Waals surface area contributed by atoms with Gasteiger partial charge < -0.3 is 14.8 Å².